The van der Waals surface area contributed by atoms with Crippen LogP contribution in [0.2, 0.25) is 10.0 Å². The molecule has 4 rings (SSSR count). The summed E-state index contributed by atoms with van der Waals surface area (Å²) in [6, 6.07) is 12.0. The first-order valence-electron chi connectivity index (χ1n) is 10.6. The van der Waals surface area contributed by atoms with E-state index in [9.17, 15) is 0 Å². The number of aromatic nitrogens is 2. The largest absolute Gasteiger partial charge is 0.494 e. The number of ether oxygens (including phenoxy) is 1. The molecule has 0 unspecified atom stereocenters. The van der Waals surface area contributed by atoms with Crippen molar-refractivity contribution in [1.29, 1.82) is 0 Å². The Hall–Kier alpha value is -1.95. The number of halogens is 2. The minimum atomic E-state index is 0.623. The lowest BCUT2D eigenvalue weighted by atomic mass is 10.2. The molecule has 0 amide bonds. The molecule has 2 aromatic carbocycles. The van der Waals surface area contributed by atoms with Crippen molar-refractivity contribution in [3.8, 4) is 5.75 Å². The summed E-state index contributed by atoms with van der Waals surface area (Å²) in [6.45, 7) is 5.98. The van der Waals surface area contributed by atoms with Crippen LogP contribution in [0.1, 0.15) is 19.3 Å². The fourth-order valence-electron chi connectivity index (χ4n) is 4.01. The van der Waals surface area contributed by atoms with Crippen LogP contribution in [0.4, 0.5) is 5.69 Å². The van der Waals surface area contributed by atoms with Gasteiger partial charge in [-0.25, -0.2) is 0 Å². The highest BCUT2D eigenvalue weighted by atomic mass is 35.5. The van der Waals surface area contributed by atoms with Gasteiger partial charge in [0.25, 0.3) is 0 Å². The van der Waals surface area contributed by atoms with Crippen LogP contribution in [0.15, 0.2) is 42.6 Å². The fourth-order valence-corrected chi connectivity index (χ4v) is 4.43. The minimum Gasteiger partial charge on any atom is -0.494 e. The van der Waals surface area contributed by atoms with E-state index >= 15 is 0 Å². The number of nitrogens with zero attached hydrogens (tertiary/aromatic N) is 4. The van der Waals surface area contributed by atoms with Crippen molar-refractivity contribution in [2.45, 2.75) is 19.3 Å². The Labute approximate surface area is 188 Å². The SMILES string of the molecule is Cn1ncc2ccc(OCCCCN3CCCN(c4cccc(Cl)c4Cl)CC3)cc21. The Morgan fingerprint density at radius 2 is 1.93 bits per heavy atom. The summed E-state index contributed by atoms with van der Waals surface area (Å²) in [5.74, 6) is 0.912. The zero-order chi connectivity index (χ0) is 20.9. The number of unbranched alkanes of at least 4 members (excludes halogenated alkanes) is 1. The van der Waals surface area contributed by atoms with E-state index in [0.717, 1.165) is 80.9 Å². The van der Waals surface area contributed by atoms with Crippen molar-refractivity contribution in [3.05, 3.63) is 52.6 Å². The fraction of sp³-hybridized carbons (Fsp3) is 0.435. The van der Waals surface area contributed by atoms with Gasteiger partial charge in [0, 0.05) is 38.1 Å². The van der Waals surface area contributed by atoms with Crippen molar-refractivity contribution in [3.63, 3.8) is 0 Å². The van der Waals surface area contributed by atoms with E-state index in [1.807, 2.05) is 36.1 Å². The van der Waals surface area contributed by atoms with E-state index in [4.69, 9.17) is 27.9 Å². The van der Waals surface area contributed by atoms with Crippen molar-refractivity contribution >= 4 is 39.8 Å². The van der Waals surface area contributed by atoms with Gasteiger partial charge in [0.2, 0.25) is 0 Å². The lowest BCUT2D eigenvalue weighted by Gasteiger charge is -2.25. The molecule has 0 aliphatic carbocycles. The molecule has 0 saturated carbocycles. The molecule has 0 spiro atoms. The average Bonchev–Trinajstić information content (AvgIpc) is 2.96. The average molecular weight is 447 g/mol. The molecule has 0 radical (unpaired) electrons. The second-order valence-electron chi connectivity index (χ2n) is 7.80. The second-order valence-corrected chi connectivity index (χ2v) is 8.58. The second kappa shape index (κ2) is 9.90. The molecule has 1 aliphatic heterocycles. The summed E-state index contributed by atoms with van der Waals surface area (Å²) >= 11 is 12.6. The van der Waals surface area contributed by atoms with Gasteiger partial charge in [0.05, 0.1) is 34.1 Å². The van der Waals surface area contributed by atoms with Gasteiger partial charge in [0.15, 0.2) is 0 Å². The first kappa shape index (κ1) is 21.3. The van der Waals surface area contributed by atoms with Crippen LogP contribution in [-0.4, -0.2) is 54.0 Å². The third kappa shape index (κ3) is 5.02. The van der Waals surface area contributed by atoms with Crippen molar-refractivity contribution in [1.82, 2.24) is 14.7 Å². The third-order valence-electron chi connectivity index (χ3n) is 5.72. The molecule has 1 aliphatic rings. The summed E-state index contributed by atoms with van der Waals surface area (Å²) in [6.07, 6.45) is 5.18. The van der Waals surface area contributed by atoms with E-state index < -0.39 is 0 Å². The summed E-state index contributed by atoms with van der Waals surface area (Å²) in [5.41, 5.74) is 2.14. The molecule has 1 saturated heterocycles. The quantitative estimate of drug-likeness (QED) is 0.463. The number of fused-ring (bicyclic) bond motifs is 1. The number of aryl methyl sites for hydroxylation is 1. The number of rotatable bonds is 7. The molecular formula is C23H28Cl2N4O. The zero-order valence-corrected chi connectivity index (χ0v) is 18.9. The topological polar surface area (TPSA) is 33.5 Å². The van der Waals surface area contributed by atoms with Crippen LogP contribution in [0.3, 0.4) is 0 Å². The number of hydrogen-bond acceptors (Lipinski definition) is 4. The van der Waals surface area contributed by atoms with Crippen LogP contribution in [0.5, 0.6) is 5.75 Å². The number of anilines is 1. The van der Waals surface area contributed by atoms with Crippen LogP contribution in [-0.2, 0) is 7.05 Å². The van der Waals surface area contributed by atoms with E-state index in [0.29, 0.717) is 10.0 Å². The monoisotopic (exact) mass is 446 g/mol. The Morgan fingerprint density at radius 1 is 1.03 bits per heavy atom. The lowest BCUT2D eigenvalue weighted by molar-refractivity contribution is 0.261. The summed E-state index contributed by atoms with van der Waals surface area (Å²) in [7, 11) is 1.95. The predicted octanol–water partition coefficient (Wildman–Crippen LogP) is 5.25. The highest BCUT2D eigenvalue weighted by Crippen LogP contribution is 2.32. The van der Waals surface area contributed by atoms with Crippen LogP contribution in [0.25, 0.3) is 10.9 Å². The normalized spacial score (nSPS) is 15.5. The maximum absolute atomic E-state index is 6.41. The predicted molar refractivity (Wildman–Crippen MR) is 125 cm³/mol. The van der Waals surface area contributed by atoms with Crippen LogP contribution >= 0.6 is 23.2 Å². The molecular weight excluding hydrogens is 419 g/mol. The molecule has 0 atom stereocenters. The van der Waals surface area contributed by atoms with Gasteiger partial charge in [-0.05, 0) is 56.6 Å². The summed E-state index contributed by atoms with van der Waals surface area (Å²) in [4.78, 5) is 4.89. The van der Waals surface area contributed by atoms with Crippen molar-refractivity contribution in [2.24, 2.45) is 7.05 Å². The zero-order valence-electron chi connectivity index (χ0n) is 17.4. The molecule has 5 nitrogen and oxygen atoms in total. The Bertz CT molecular complexity index is 990. The minimum absolute atomic E-state index is 0.623. The van der Waals surface area contributed by atoms with E-state index in [-0.39, 0.29) is 0 Å². The van der Waals surface area contributed by atoms with E-state index in [1.165, 1.54) is 0 Å². The smallest absolute Gasteiger partial charge is 0.121 e. The van der Waals surface area contributed by atoms with Gasteiger partial charge in [-0.3, -0.25) is 4.68 Å². The molecule has 1 fully saturated rings. The molecule has 3 aromatic rings. The van der Waals surface area contributed by atoms with Crippen LogP contribution in [0, 0.1) is 0 Å². The summed E-state index contributed by atoms with van der Waals surface area (Å²) < 4.78 is 7.83. The van der Waals surface area contributed by atoms with Gasteiger partial charge in [0.1, 0.15) is 5.75 Å². The van der Waals surface area contributed by atoms with Crippen molar-refractivity contribution in [2.75, 3.05) is 44.2 Å². The van der Waals surface area contributed by atoms with E-state index in [1.54, 1.807) is 0 Å². The van der Waals surface area contributed by atoms with Crippen LogP contribution < -0.4 is 9.64 Å². The van der Waals surface area contributed by atoms with Gasteiger partial charge in [-0.1, -0.05) is 29.3 Å². The molecule has 30 heavy (non-hydrogen) atoms. The molecule has 2 heterocycles. The lowest BCUT2D eigenvalue weighted by Crippen LogP contribution is -2.31. The maximum atomic E-state index is 6.41. The van der Waals surface area contributed by atoms with Gasteiger partial charge >= 0.3 is 0 Å². The first-order chi connectivity index (χ1) is 14.6. The molecule has 0 bridgehead atoms. The Kier molecular flexibility index (Phi) is 7.03. The van der Waals surface area contributed by atoms with Gasteiger partial charge < -0.3 is 14.5 Å². The molecule has 1 aromatic heterocycles. The van der Waals surface area contributed by atoms with E-state index in [2.05, 4.69) is 33.1 Å². The third-order valence-corrected chi connectivity index (χ3v) is 6.53. The van der Waals surface area contributed by atoms with Crippen molar-refractivity contribution < 1.29 is 4.74 Å². The first-order valence-corrected chi connectivity index (χ1v) is 11.3. The van der Waals surface area contributed by atoms with Gasteiger partial charge in [-0.2, -0.15) is 5.10 Å². The number of hydrogen-bond donors (Lipinski definition) is 0. The standard InChI is InChI=1S/C23H28Cl2N4O/c1-27-22-16-19(9-8-18(22)17-26-27)30-15-3-2-10-28-11-5-12-29(14-13-28)21-7-4-6-20(24)23(21)25/h4,6-9,16-17H,2-3,5,10-15H2,1H3. The highest BCUT2D eigenvalue weighted by molar-refractivity contribution is 6.43. The molecule has 0 N–H and O–H groups in total. The Balaban J connectivity index is 1.20. The van der Waals surface area contributed by atoms with Gasteiger partial charge in [-0.15, -0.1) is 0 Å². The molecule has 160 valence electrons. The molecule has 7 heteroatoms. The summed E-state index contributed by atoms with van der Waals surface area (Å²) in [5, 5.41) is 6.70. The Morgan fingerprint density at radius 3 is 2.83 bits per heavy atom. The maximum Gasteiger partial charge on any atom is 0.121 e. The highest BCUT2D eigenvalue weighted by Gasteiger charge is 2.17. The number of benzene rings is 2.